The predicted octanol–water partition coefficient (Wildman–Crippen LogP) is 8.30. The minimum absolute atomic E-state index is 0.0663. The minimum atomic E-state index is -3.65. The lowest BCUT2D eigenvalue weighted by Gasteiger charge is -2.39. The quantitative estimate of drug-likeness (QED) is 0.104. The van der Waals surface area contributed by atoms with Crippen LogP contribution in [0.5, 0.6) is 0 Å². The van der Waals surface area contributed by atoms with Gasteiger partial charge in [0.05, 0.1) is 10.9 Å². The number of unbranched alkanes of at least 4 members (excludes halogenated alkanes) is 10. The molecule has 0 spiro atoms. The summed E-state index contributed by atoms with van der Waals surface area (Å²) in [7, 11) is -3.65. The lowest BCUT2D eigenvalue weighted by molar-refractivity contribution is -0.119. The van der Waals surface area contributed by atoms with Crippen LogP contribution < -0.4 is 10.6 Å². The number of carbonyl (C=O) groups is 1. The summed E-state index contributed by atoms with van der Waals surface area (Å²) in [4.78, 5) is 15.0. The fourth-order valence-electron chi connectivity index (χ4n) is 6.25. The van der Waals surface area contributed by atoms with Crippen LogP contribution in [0.25, 0.3) is 0 Å². The van der Waals surface area contributed by atoms with E-state index in [1.165, 1.54) is 62.5 Å². The van der Waals surface area contributed by atoms with Gasteiger partial charge in [0.2, 0.25) is 15.9 Å². The van der Waals surface area contributed by atoms with Gasteiger partial charge in [0.25, 0.3) is 0 Å². The average molecular weight is 677 g/mol. The molecule has 47 heavy (non-hydrogen) atoms. The van der Waals surface area contributed by atoms with E-state index in [4.69, 9.17) is 12.2 Å². The van der Waals surface area contributed by atoms with Gasteiger partial charge in [-0.2, -0.15) is 4.31 Å². The first kappa shape index (κ1) is 36.7. The third kappa shape index (κ3) is 11.8. The number of thiocarbonyl (C=S) groups is 1. The highest BCUT2D eigenvalue weighted by Crippen LogP contribution is 2.30. The number of hydrogen-bond acceptors (Lipinski definition) is 5. The van der Waals surface area contributed by atoms with E-state index in [0.717, 1.165) is 19.3 Å². The van der Waals surface area contributed by atoms with Gasteiger partial charge >= 0.3 is 0 Å². The molecule has 0 aromatic heterocycles. The zero-order chi connectivity index (χ0) is 33.3. The van der Waals surface area contributed by atoms with Gasteiger partial charge < -0.3 is 10.6 Å². The Morgan fingerprint density at radius 2 is 1.19 bits per heavy atom. The largest absolute Gasteiger partial charge is 0.332 e. The monoisotopic (exact) mass is 676 g/mol. The number of amides is 1. The molecule has 9 heteroatoms. The van der Waals surface area contributed by atoms with E-state index < -0.39 is 10.0 Å². The first-order valence-corrected chi connectivity index (χ1v) is 19.3. The minimum Gasteiger partial charge on any atom is -0.332 e. The lowest BCUT2D eigenvalue weighted by Crippen LogP contribution is -2.49. The first-order valence-electron chi connectivity index (χ1n) is 17.4. The molecular weight excluding hydrogens is 625 g/mol. The van der Waals surface area contributed by atoms with Crippen molar-refractivity contribution in [3.63, 3.8) is 0 Å². The number of sulfonamides is 1. The molecule has 1 amide bonds. The van der Waals surface area contributed by atoms with Crippen molar-refractivity contribution in [1.29, 1.82) is 0 Å². The maximum Gasteiger partial charge on any atom is 0.243 e. The maximum atomic E-state index is 13.5. The van der Waals surface area contributed by atoms with Crippen LogP contribution in [-0.4, -0.2) is 54.8 Å². The number of nitrogens with zero attached hydrogens (tertiary/aromatic N) is 2. The molecular formula is C38H52N4O3S2. The van der Waals surface area contributed by atoms with Crippen molar-refractivity contribution in [2.75, 3.05) is 31.5 Å². The summed E-state index contributed by atoms with van der Waals surface area (Å²) >= 11 is 5.34. The Bertz CT molecular complexity index is 1420. The van der Waals surface area contributed by atoms with Crippen LogP contribution >= 0.6 is 12.2 Å². The second-order valence-electron chi connectivity index (χ2n) is 12.5. The van der Waals surface area contributed by atoms with Crippen LogP contribution in [0.2, 0.25) is 0 Å². The Kier molecular flexibility index (Phi) is 15.4. The molecule has 1 heterocycles. The van der Waals surface area contributed by atoms with Gasteiger partial charge in [0.1, 0.15) is 0 Å². The summed E-state index contributed by atoms with van der Waals surface area (Å²) in [6, 6.07) is 27.4. The third-order valence-corrected chi connectivity index (χ3v) is 11.0. The molecule has 1 fully saturated rings. The van der Waals surface area contributed by atoms with Crippen molar-refractivity contribution in [2.45, 2.75) is 94.9 Å². The highest BCUT2D eigenvalue weighted by atomic mass is 32.2. The number of carbonyl (C=O) groups excluding carboxylic acids is 1. The Balaban J connectivity index is 1.18. The van der Waals surface area contributed by atoms with E-state index in [2.05, 4.69) is 46.7 Å². The molecule has 1 aliphatic rings. The molecule has 3 aromatic carbocycles. The van der Waals surface area contributed by atoms with Crippen molar-refractivity contribution in [3.05, 3.63) is 96.1 Å². The first-order chi connectivity index (χ1) is 22.9. The highest BCUT2D eigenvalue weighted by Gasteiger charge is 2.32. The normalized spacial score (nSPS) is 14.3. The van der Waals surface area contributed by atoms with Gasteiger partial charge in [0, 0.05) is 38.3 Å². The van der Waals surface area contributed by atoms with E-state index in [1.54, 1.807) is 28.6 Å². The van der Waals surface area contributed by atoms with E-state index in [9.17, 15) is 13.2 Å². The smallest absolute Gasteiger partial charge is 0.243 e. The van der Waals surface area contributed by atoms with Crippen molar-refractivity contribution in [1.82, 2.24) is 14.5 Å². The molecule has 3 aromatic rings. The van der Waals surface area contributed by atoms with Crippen molar-refractivity contribution in [2.24, 2.45) is 0 Å². The van der Waals surface area contributed by atoms with E-state index in [1.807, 2.05) is 36.4 Å². The number of rotatable bonds is 18. The van der Waals surface area contributed by atoms with E-state index in [0.29, 0.717) is 38.3 Å². The van der Waals surface area contributed by atoms with Crippen LogP contribution in [0.3, 0.4) is 0 Å². The number of hydrogen-bond donors (Lipinski definition) is 2. The standard InChI is InChI=1S/C38H52N4O3S2/c1-2-3-4-5-6-7-8-9-10-11-18-23-36(43)40-38(46)39-34-24-26-35(27-25-34)47(44,45)42-30-28-41(29-31-42)37(32-19-14-12-15-20-32)33-21-16-13-17-22-33/h12-17,19-22,24-27,37H,2-11,18,23,28-31H2,1H3,(H2,39,40,43,46). The zero-order valence-corrected chi connectivity index (χ0v) is 29.5. The maximum absolute atomic E-state index is 13.5. The zero-order valence-electron chi connectivity index (χ0n) is 27.9. The van der Waals surface area contributed by atoms with Crippen molar-refractivity contribution < 1.29 is 13.2 Å². The van der Waals surface area contributed by atoms with Crippen LogP contribution in [-0.2, 0) is 14.8 Å². The van der Waals surface area contributed by atoms with E-state index >= 15 is 0 Å². The van der Waals surface area contributed by atoms with E-state index in [-0.39, 0.29) is 22.0 Å². The molecule has 254 valence electrons. The molecule has 1 saturated heterocycles. The van der Waals surface area contributed by atoms with Gasteiger partial charge in [-0.25, -0.2) is 8.42 Å². The van der Waals surface area contributed by atoms with Crippen LogP contribution in [0.1, 0.15) is 101 Å². The van der Waals surface area contributed by atoms with Crippen LogP contribution in [0, 0.1) is 0 Å². The Labute approximate surface area is 288 Å². The molecule has 4 rings (SSSR count). The molecule has 0 aliphatic carbocycles. The van der Waals surface area contributed by atoms with Crippen molar-refractivity contribution in [3.8, 4) is 0 Å². The van der Waals surface area contributed by atoms with Gasteiger partial charge in [-0.05, 0) is 54.0 Å². The second kappa shape index (κ2) is 19.6. The van der Waals surface area contributed by atoms with Crippen molar-refractivity contribution >= 4 is 38.9 Å². The summed E-state index contributed by atoms with van der Waals surface area (Å²) < 4.78 is 28.6. The number of anilines is 1. The van der Waals surface area contributed by atoms with Crippen LogP contribution in [0.4, 0.5) is 5.69 Å². The number of piperazine rings is 1. The van der Waals surface area contributed by atoms with Gasteiger partial charge in [-0.1, -0.05) is 132 Å². The fraction of sp³-hybridized carbons (Fsp3) is 0.474. The molecule has 7 nitrogen and oxygen atoms in total. The Morgan fingerprint density at radius 1 is 0.702 bits per heavy atom. The third-order valence-electron chi connectivity index (χ3n) is 8.88. The highest BCUT2D eigenvalue weighted by molar-refractivity contribution is 7.89. The molecule has 1 aliphatic heterocycles. The summed E-state index contributed by atoms with van der Waals surface area (Å²) in [5, 5.41) is 5.97. The number of nitrogens with one attached hydrogen (secondary N) is 2. The SMILES string of the molecule is CCCCCCCCCCCCCC(=O)NC(=S)Nc1ccc(S(=O)(=O)N2CCN(C(c3ccccc3)c3ccccc3)CC2)cc1. The van der Waals surface area contributed by atoms with Gasteiger partial charge in [-0.3, -0.25) is 9.69 Å². The number of benzene rings is 3. The molecule has 0 atom stereocenters. The summed E-state index contributed by atoms with van der Waals surface area (Å²) in [6.07, 6.45) is 14.1. The van der Waals surface area contributed by atoms with Crippen LogP contribution in [0.15, 0.2) is 89.8 Å². The Morgan fingerprint density at radius 3 is 1.70 bits per heavy atom. The predicted molar refractivity (Wildman–Crippen MR) is 197 cm³/mol. The summed E-state index contributed by atoms with van der Waals surface area (Å²) in [5.41, 5.74) is 3.02. The summed E-state index contributed by atoms with van der Waals surface area (Å²) in [6.45, 7) is 4.32. The van der Waals surface area contributed by atoms with Gasteiger partial charge in [0.15, 0.2) is 5.11 Å². The Hall–Kier alpha value is -3.11. The lowest BCUT2D eigenvalue weighted by atomic mass is 9.96. The molecule has 0 saturated carbocycles. The molecule has 2 N–H and O–H groups in total. The average Bonchev–Trinajstić information content (AvgIpc) is 3.09. The summed E-state index contributed by atoms with van der Waals surface area (Å²) in [5.74, 6) is -0.0986. The fourth-order valence-corrected chi connectivity index (χ4v) is 7.90. The molecule has 0 unspecified atom stereocenters. The topological polar surface area (TPSA) is 81.8 Å². The molecule has 0 bridgehead atoms. The second-order valence-corrected chi connectivity index (χ2v) is 14.8. The molecule has 0 radical (unpaired) electrons. The van der Waals surface area contributed by atoms with Gasteiger partial charge in [-0.15, -0.1) is 0 Å².